The van der Waals surface area contributed by atoms with Crippen LogP contribution in [0, 0.1) is 0 Å². The summed E-state index contributed by atoms with van der Waals surface area (Å²) >= 11 is 0. The van der Waals surface area contributed by atoms with Crippen molar-refractivity contribution in [3.8, 4) is 5.75 Å². The van der Waals surface area contributed by atoms with Gasteiger partial charge in [0.15, 0.2) is 0 Å². The molecule has 2 N–H and O–H groups in total. The van der Waals surface area contributed by atoms with Gasteiger partial charge in [0.1, 0.15) is 11.9 Å². The van der Waals surface area contributed by atoms with Crippen molar-refractivity contribution < 1.29 is 4.74 Å². The van der Waals surface area contributed by atoms with E-state index in [9.17, 15) is 0 Å². The molecule has 0 aromatic heterocycles. The Morgan fingerprint density at radius 2 is 1.68 bits per heavy atom. The second-order valence-electron chi connectivity index (χ2n) is 4.65. The minimum atomic E-state index is -0.0850. The molecule has 1 atom stereocenters. The standard InChI is InChI=1S/C17H21NO/c1-2-6-14-9-11-16(12-10-14)19-17(13-18)15-7-4-3-5-8-15/h3-5,7-12,17H,2,6,13,18H2,1H3. The Morgan fingerprint density at radius 3 is 2.26 bits per heavy atom. The van der Waals surface area contributed by atoms with Crippen molar-refractivity contribution >= 4 is 0 Å². The van der Waals surface area contributed by atoms with Gasteiger partial charge in [-0.05, 0) is 29.7 Å². The second-order valence-corrected chi connectivity index (χ2v) is 4.65. The summed E-state index contributed by atoms with van der Waals surface area (Å²) in [7, 11) is 0. The lowest BCUT2D eigenvalue weighted by Crippen LogP contribution is -2.18. The molecule has 19 heavy (non-hydrogen) atoms. The van der Waals surface area contributed by atoms with Crippen LogP contribution in [0.1, 0.15) is 30.6 Å². The zero-order valence-electron chi connectivity index (χ0n) is 11.4. The Kier molecular flexibility index (Phi) is 4.99. The molecule has 0 aliphatic rings. The molecule has 2 heteroatoms. The highest BCUT2D eigenvalue weighted by Gasteiger charge is 2.10. The number of nitrogens with two attached hydrogens (primary N) is 1. The maximum absolute atomic E-state index is 5.96. The van der Waals surface area contributed by atoms with Crippen LogP contribution in [0.2, 0.25) is 0 Å². The first-order chi connectivity index (χ1) is 9.33. The lowest BCUT2D eigenvalue weighted by atomic mass is 10.1. The fraction of sp³-hybridized carbons (Fsp3) is 0.294. The minimum Gasteiger partial charge on any atom is -0.484 e. The van der Waals surface area contributed by atoms with Gasteiger partial charge in [-0.1, -0.05) is 55.8 Å². The van der Waals surface area contributed by atoms with E-state index in [0.29, 0.717) is 6.54 Å². The molecule has 0 saturated carbocycles. The third-order valence-electron chi connectivity index (χ3n) is 3.13. The highest BCUT2D eigenvalue weighted by atomic mass is 16.5. The SMILES string of the molecule is CCCc1ccc(OC(CN)c2ccccc2)cc1. The van der Waals surface area contributed by atoms with Crippen molar-refractivity contribution in [3.63, 3.8) is 0 Å². The monoisotopic (exact) mass is 255 g/mol. The first kappa shape index (κ1) is 13.6. The molecule has 0 fully saturated rings. The average molecular weight is 255 g/mol. The molecule has 0 bridgehead atoms. The van der Waals surface area contributed by atoms with Gasteiger partial charge in [-0.15, -0.1) is 0 Å². The van der Waals surface area contributed by atoms with E-state index < -0.39 is 0 Å². The molecule has 0 spiro atoms. The molecule has 2 nitrogen and oxygen atoms in total. The third-order valence-corrected chi connectivity index (χ3v) is 3.13. The summed E-state index contributed by atoms with van der Waals surface area (Å²) in [5.74, 6) is 0.874. The molecule has 0 aliphatic heterocycles. The largest absolute Gasteiger partial charge is 0.484 e. The highest BCUT2D eigenvalue weighted by molar-refractivity contribution is 5.29. The molecule has 1 unspecified atom stereocenters. The number of rotatable bonds is 6. The van der Waals surface area contributed by atoms with Crippen LogP contribution in [0.3, 0.4) is 0 Å². The van der Waals surface area contributed by atoms with Crippen molar-refractivity contribution in [1.82, 2.24) is 0 Å². The van der Waals surface area contributed by atoms with E-state index in [1.807, 2.05) is 42.5 Å². The zero-order chi connectivity index (χ0) is 13.5. The van der Waals surface area contributed by atoms with Crippen molar-refractivity contribution in [2.24, 2.45) is 5.73 Å². The third kappa shape index (κ3) is 3.83. The van der Waals surface area contributed by atoms with Crippen molar-refractivity contribution in [2.75, 3.05) is 6.54 Å². The second kappa shape index (κ2) is 6.95. The van der Waals surface area contributed by atoms with Crippen molar-refractivity contribution in [1.29, 1.82) is 0 Å². The van der Waals surface area contributed by atoms with Crippen LogP contribution in [-0.2, 0) is 6.42 Å². The molecular weight excluding hydrogens is 234 g/mol. The van der Waals surface area contributed by atoms with Crippen LogP contribution in [0.4, 0.5) is 0 Å². The summed E-state index contributed by atoms with van der Waals surface area (Å²) in [5.41, 5.74) is 8.26. The van der Waals surface area contributed by atoms with Gasteiger partial charge >= 0.3 is 0 Å². The predicted octanol–water partition coefficient (Wildman–Crippen LogP) is 3.72. The van der Waals surface area contributed by atoms with Crippen molar-refractivity contribution in [3.05, 3.63) is 65.7 Å². The van der Waals surface area contributed by atoms with Gasteiger partial charge in [-0.3, -0.25) is 0 Å². The number of benzene rings is 2. The van der Waals surface area contributed by atoms with E-state index >= 15 is 0 Å². The summed E-state index contributed by atoms with van der Waals surface area (Å²) in [6, 6.07) is 18.4. The van der Waals surface area contributed by atoms with E-state index in [1.54, 1.807) is 0 Å². The van der Waals surface area contributed by atoms with Crippen molar-refractivity contribution in [2.45, 2.75) is 25.9 Å². The maximum Gasteiger partial charge on any atom is 0.136 e. The molecular formula is C17H21NO. The molecule has 100 valence electrons. The number of aryl methyl sites for hydroxylation is 1. The molecule has 0 radical (unpaired) electrons. The molecule has 2 rings (SSSR count). The number of hydrogen-bond acceptors (Lipinski definition) is 2. The molecule has 2 aromatic carbocycles. The van der Waals surface area contributed by atoms with Crippen LogP contribution in [0.15, 0.2) is 54.6 Å². The van der Waals surface area contributed by atoms with E-state index in [0.717, 1.165) is 24.2 Å². The van der Waals surface area contributed by atoms with Gasteiger partial charge in [0, 0.05) is 6.54 Å². The lowest BCUT2D eigenvalue weighted by molar-refractivity contribution is 0.214. The summed E-state index contributed by atoms with van der Waals surface area (Å²) in [6.45, 7) is 2.66. The summed E-state index contributed by atoms with van der Waals surface area (Å²) in [5, 5.41) is 0. The maximum atomic E-state index is 5.96. The summed E-state index contributed by atoms with van der Waals surface area (Å²) in [6.07, 6.45) is 2.19. The van der Waals surface area contributed by atoms with Crippen LogP contribution in [-0.4, -0.2) is 6.54 Å². The Morgan fingerprint density at radius 1 is 1.00 bits per heavy atom. The molecule has 0 heterocycles. The molecule has 2 aromatic rings. The van der Waals surface area contributed by atoms with Crippen LogP contribution in [0.25, 0.3) is 0 Å². The normalized spacial score (nSPS) is 12.1. The van der Waals surface area contributed by atoms with E-state index in [1.165, 1.54) is 5.56 Å². The Balaban J connectivity index is 2.06. The van der Waals surface area contributed by atoms with E-state index in [2.05, 4.69) is 19.1 Å². The number of hydrogen-bond donors (Lipinski definition) is 1. The Labute approximate surface area is 115 Å². The van der Waals surface area contributed by atoms with Gasteiger partial charge in [-0.25, -0.2) is 0 Å². The van der Waals surface area contributed by atoms with Crippen LogP contribution >= 0.6 is 0 Å². The number of ether oxygens (including phenoxy) is 1. The lowest BCUT2D eigenvalue weighted by Gasteiger charge is -2.18. The Bertz CT molecular complexity index is 478. The van der Waals surface area contributed by atoms with Gasteiger partial charge in [0.25, 0.3) is 0 Å². The minimum absolute atomic E-state index is 0.0850. The van der Waals surface area contributed by atoms with Crippen LogP contribution in [0.5, 0.6) is 5.75 Å². The topological polar surface area (TPSA) is 35.2 Å². The predicted molar refractivity (Wildman–Crippen MR) is 79.3 cm³/mol. The first-order valence-corrected chi connectivity index (χ1v) is 6.84. The molecule has 0 aliphatic carbocycles. The zero-order valence-corrected chi connectivity index (χ0v) is 11.4. The quantitative estimate of drug-likeness (QED) is 0.854. The fourth-order valence-corrected chi connectivity index (χ4v) is 2.11. The summed E-state index contributed by atoms with van der Waals surface area (Å²) in [4.78, 5) is 0. The molecule has 0 amide bonds. The van der Waals surface area contributed by atoms with Gasteiger partial charge in [0.2, 0.25) is 0 Å². The van der Waals surface area contributed by atoms with Gasteiger partial charge < -0.3 is 10.5 Å². The summed E-state index contributed by atoms with van der Waals surface area (Å²) < 4.78 is 5.96. The van der Waals surface area contributed by atoms with Crippen LogP contribution < -0.4 is 10.5 Å². The first-order valence-electron chi connectivity index (χ1n) is 6.84. The van der Waals surface area contributed by atoms with E-state index in [-0.39, 0.29) is 6.10 Å². The fourth-order valence-electron chi connectivity index (χ4n) is 2.11. The highest BCUT2D eigenvalue weighted by Crippen LogP contribution is 2.21. The van der Waals surface area contributed by atoms with Gasteiger partial charge in [-0.2, -0.15) is 0 Å². The van der Waals surface area contributed by atoms with E-state index in [4.69, 9.17) is 10.5 Å². The smallest absolute Gasteiger partial charge is 0.136 e. The average Bonchev–Trinajstić information content (AvgIpc) is 2.48. The Hall–Kier alpha value is -1.80. The molecule has 0 saturated heterocycles. The van der Waals surface area contributed by atoms with Gasteiger partial charge in [0.05, 0.1) is 0 Å².